The molecular formula is C13H25NO2. The highest BCUT2D eigenvalue weighted by molar-refractivity contribution is 5.03. The van der Waals surface area contributed by atoms with Gasteiger partial charge in [-0.1, -0.05) is 19.8 Å². The molecule has 2 aliphatic rings. The maximum Gasteiger partial charge on any atom is 0.0750 e. The predicted octanol–water partition coefficient (Wildman–Crippen LogP) is 1.39. The standard InChI is InChI=1S/C13H25NO2/c1-2-14-9-7-13(16,8-10-14)12(11-15)5-3-4-6-12/h15-16H,2-11H2,1H3. The van der Waals surface area contributed by atoms with Crippen LogP contribution in [0.3, 0.4) is 0 Å². The molecule has 1 aliphatic heterocycles. The number of aliphatic hydroxyl groups excluding tert-OH is 1. The van der Waals surface area contributed by atoms with E-state index in [1.165, 1.54) is 12.8 Å². The SMILES string of the molecule is CCN1CCC(O)(C2(CO)CCCC2)CC1. The lowest BCUT2D eigenvalue weighted by atomic mass is 9.66. The molecule has 1 saturated heterocycles. The van der Waals surface area contributed by atoms with Crippen LogP contribution in [0.5, 0.6) is 0 Å². The first-order valence-corrected chi connectivity index (χ1v) is 6.71. The molecule has 1 saturated carbocycles. The Kier molecular flexibility index (Phi) is 3.57. The minimum Gasteiger partial charge on any atom is -0.396 e. The van der Waals surface area contributed by atoms with Crippen molar-refractivity contribution in [2.24, 2.45) is 5.41 Å². The normalized spacial score (nSPS) is 29.4. The second-order valence-electron chi connectivity index (χ2n) is 5.61. The molecule has 0 amide bonds. The topological polar surface area (TPSA) is 43.7 Å². The number of piperidine rings is 1. The molecular weight excluding hydrogens is 202 g/mol. The van der Waals surface area contributed by atoms with E-state index in [9.17, 15) is 10.2 Å². The smallest absolute Gasteiger partial charge is 0.0750 e. The Balaban J connectivity index is 2.07. The molecule has 0 unspecified atom stereocenters. The summed E-state index contributed by atoms with van der Waals surface area (Å²) in [4.78, 5) is 2.38. The van der Waals surface area contributed by atoms with Gasteiger partial charge in [0.2, 0.25) is 0 Å². The zero-order chi connectivity index (χ0) is 11.6. The molecule has 2 fully saturated rings. The van der Waals surface area contributed by atoms with Crippen molar-refractivity contribution in [3.05, 3.63) is 0 Å². The summed E-state index contributed by atoms with van der Waals surface area (Å²) in [6, 6.07) is 0. The summed E-state index contributed by atoms with van der Waals surface area (Å²) in [6.45, 7) is 5.36. The highest BCUT2D eigenvalue weighted by atomic mass is 16.3. The number of hydrogen-bond donors (Lipinski definition) is 2. The molecule has 0 atom stereocenters. The van der Waals surface area contributed by atoms with Crippen LogP contribution in [0.4, 0.5) is 0 Å². The van der Waals surface area contributed by atoms with Gasteiger partial charge < -0.3 is 15.1 Å². The van der Waals surface area contributed by atoms with Crippen molar-refractivity contribution in [2.45, 2.75) is 51.0 Å². The van der Waals surface area contributed by atoms with Gasteiger partial charge in [-0.2, -0.15) is 0 Å². The molecule has 3 nitrogen and oxygen atoms in total. The van der Waals surface area contributed by atoms with E-state index in [4.69, 9.17) is 0 Å². The average Bonchev–Trinajstić information content (AvgIpc) is 2.80. The second-order valence-corrected chi connectivity index (χ2v) is 5.61. The summed E-state index contributed by atoms with van der Waals surface area (Å²) in [5, 5.41) is 20.5. The van der Waals surface area contributed by atoms with Crippen molar-refractivity contribution in [3.63, 3.8) is 0 Å². The van der Waals surface area contributed by atoms with Crippen molar-refractivity contribution in [1.29, 1.82) is 0 Å². The van der Waals surface area contributed by atoms with Gasteiger partial charge in [-0.25, -0.2) is 0 Å². The lowest BCUT2D eigenvalue weighted by molar-refractivity contribution is -0.137. The summed E-state index contributed by atoms with van der Waals surface area (Å²) in [5.74, 6) is 0. The van der Waals surface area contributed by atoms with E-state index in [1.54, 1.807) is 0 Å². The van der Waals surface area contributed by atoms with Crippen molar-refractivity contribution in [3.8, 4) is 0 Å². The average molecular weight is 227 g/mol. The van der Waals surface area contributed by atoms with E-state index in [-0.39, 0.29) is 12.0 Å². The van der Waals surface area contributed by atoms with E-state index >= 15 is 0 Å². The van der Waals surface area contributed by atoms with Crippen molar-refractivity contribution < 1.29 is 10.2 Å². The van der Waals surface area contributed by atoms with Crippen LogP contribution in [0.15, 0.2) is 0 Å². The van der Waals surface area contributed by atoms with Crippen LogP contribution in [0.2, 0.25) is 0 Å². The Hall–Kier alpha value is -0.120. The van der Waals surface area contributed by atoms with E-state index < -0.39 is 5.60 Å². The Morgan fingerprint density at radius 3 is 2.06 bits per heavy atom. The predicted molar refractivity (Wildman–Crippen MR) is 64.3 cm³/mol. The van der Waals surface area contributed by atoms with Gasteiger partial charge in [0.15, 0.2) is 0 Å². The van der Waals surface area contributed by atoms with Crippen LogP contribution in [0, 0.1) is 5.41 Å². The molecule has 16 heavy (non-hydrogen) atoms. The third-order valence-electron chi connectivity index (χ3n) is 4.98. The Bertz CT molecular complexity index is 228. The van der Waals surface area contributed by atoms with Gasteiger partial charge in [-0.15, -0.1) is 0 Å². The van der Waals surface area contributed by atoms with Crippen LogP contribution in [0.1, 0.15) is 45.4 Å². The molecule has 0 aromatic heterocycles. The van der Waals surface area contributed by atoms with Gasteiger partial charge >= 0.3 is 0 Å². The molecule has 1 heterocycles. The van der Waals surface area contributed by atoms with E-state index in [0.29, 0.717) is 0 Å². The van der Waals surface area contributed by atoms with Gasteiger partial charge in [0, 0.05) is 18.5 Å². The zero-order valence-electron chi connectivity index (χ0n) is 10.4. The number of nitrogens with zero attached hydrogens (tertiary/aromatic N) is 1. The maximum absolute atomic E-state index is 10.8. The van der Waals surface area contributed by atoms with E-state index in [1.807, 2.05) is 0 Å². The van der Waals surface area contributed by atoms with Gasteiger partial charge in [-0.3, -0.25) is 0 Å². The molecule has 0 aromatic rings. The van der Waals surface area contributed by atoms with E-state index in [2.05, 4.69) is 11.8 Å². The Morgan fingerprint density at radius 1 is 1.06 bits per heavy atom. The summed E-state index contributed by atoms with van der Waals surface area (Å²) >= 11 is 0. The summed E-state index contributed by atoms with van der Waals surface area (Å²) in [6.07, 6.45) is 6.02. The lowest BCUT2D eigenvalue weighted by Crippen LogP contribution is -2.55. The molecule has 0 radical (unpaired) electrons. The summed E-state index contributed by atoms with van der Waals surface area (Å²) < 4.78 is 0. The third-order valence-corrected chi connectivity index (χ3v) is 4.98. The van der Waals surface area contributed by atoms with Crippen molar-refractivity contribution in [1.82, 2.24) is 4.90 Å². The fraction of sp³-hybridized carbons (Fsp3) is 1.00. The van der Waals surface area contributed by atoms with Gasteiger partial charge in [0.1, 0.15) is 0 Å². The van der Waals surface area contributed by atoms with Gasteiger partial charge in [-0.05, 0) is 32.2 Å². The van der Waals surface area contributed by atoms with E-state index in [0.717, 1.165) is 45.3 Å². The quantitative estimate of drug-likeness (QED) is 0.765. The molecule has 2 N–H and O–H groups in total. The first-order valence-electron chi connectivity index (χ1n) is 6.71. The second kappa shape index (κ2) is 4.63. The van der Waals surface area contributed by atoms with Crippen LogP contribution < -0.4 is 0 Å². The molecule has 0 aromatic carbocycles. The fourth-order valence-electron chi connectivity index (χ4n) is 3.59. The van der Waals surface area contributed by atoms with Crippen LogP contribution in [-0.2, 0) is 0 Å². The highest BCUT2D eigenvalue weighted by Crippen LogP contribution is 2.50. The number of rotatable bonds is 3. The zero-order valence-corrected chi connectivity index (χ0v) is 10.4. The minimum atomic E-state index is -0.607. The summed E-state index contributed by atoms with van der Waals surface area (Å²) in [7, 11) is 0. The van der Waals surface area contributed by atoms with Gasteiger partial charge in [0.25, 0.3) is 0 Å². The third kappa shape index (κ3) is 1.89. The molecule has 0 bridgehead atoms. The number of aliphatic hydroxyl groups is 2. The van der Waals surface area contributed by atoms with Crippen LogP contribution >= 0.6 is 0 Å². The fourth-order valence-corrected chi connectivity index (χ4v) is 3.59. The molecule has 1 aliphatic carbocycles. The molecule has 94 valence electrons. The first kappa shape index (κ1) is 12.3. The molecule has 3 heteroatoms. The monoisotopic (exact) mass is 227 g/mol. The Morgan fingerprint density at radius 2 is 1.62 bits per heavy atom. The highest BCUT2D eigenvalue weighted by Gasteiger charge is 2.51. The maximum atomic E-state index is 10.8. The largest absolute Gasteiger partial charge is 0.396 e. The van der Waals surface area contributed by atoms with Gasteiger partial charge in [0.05, 0.1) is 12.2 Å². The van der Waals surface area contributed by atoms with Crippen LogP contribution in [-0.4, -0.2) is 47.0 Å². The lowest BCUT2D eigenvalue weighted by Gasteiger charge is -2.48. The minimum absolute atomic E-state index is 0.162. The number of hydrogen-bond acceptors (Lipinski definition) is 3. The number of likely N-dealkylation sites (tertiary alicyclic amines) is 1. The first-order chi connectivity index (χ1) is 7.66. The van der Waals surface area contributed by atoms with Crippen LogP contribution in [0.25, 0.3) is 0 Å². The van der Waals surface area contributed by atoms with Crippen molar-refractivity contribution in [2.75, 3.05) is 26.2 Å². The Labute approximate surface area is 98.5 Å². The molecule has 2 rings (SSSR count). The molecule has 0 spiro atoms. The van der Waals surface area contributed by atoms with Crippen molar-refractivity contribution >= 4 is 0 Å². The summed E-state index contributed by atoms with van der Waals surface area (Å²) in [5.41, 5.74) is -0.795.